The Labute approximate surface area is 65.0 Å². The van der Waals surface area contributed by atoms with Gasteiger partial charge in [-0.15, -0.1) is 0 Å². The van der Waals surface area contributed by atoms with E-state index in [2.05, 4.69) is 0 Å². The Morgan fingerprint density at radius 2 is 2.09 bits per heavy atom. The van der Waals surface area contributed by atoms with E-state index in [1.54, 1.807) is 12.1 Å². The van der Waals surface area contributed by atoms with Crippen LogP contribution in [0.5, 0.6) is 0 Å². The minimum atomic E-state index is -0.146. The van der Waals surface area contributed by atoms with E-state index in [1.807, 2.05) is 0 Å². The Morgan fingerprint density at radius 3 is 2.64 bits per heavy atom. The third-order valence-corrected chi connectivity index (χ3v) is 2.04. The highest BCUT2D eigenvalue weighted by Gasteiger charge is 2.25. The molecule has 0 aromatic heterocycles. The smallest absolute Gasteiger partial charge is 0.128 e. The van der Waals surface area contributed by atoms with Crippen LogP contribution in [0.15, 0.2) is 18.2 Å². The van der Waals surface area contributed by atoms with Gasteiger partial charge in [0.2, 0.25) is 0 Å². The summed E-state index contributed by atoms with van der Waals surface area (Å²) in [5, 5.41) is 0. The second kappa shape index (κ2) is 2.22. The van der Waals surface area contributed by atoms with E-state index in [-0.39, 0.29) is 5.82 Å². The molecular weight excluding hydrogens is 141 g/mol. The van der Waals surface area contributed by atoms with Crippen molar-refractivity contribution in [1.29, 1.82) is 0 Å². The highest BCUT2D eigenvalue weighted by molar-refractivity contribution is 5.42. The van der Waals surface area contributed by atoms with Crippen molar-refractivity contribution in [3.05, 3.63) is 29.6 Å². The number of nitrogen functional groups attached to an aromatic ring is 1. The van der Waals surface area contributed by atoms with Crippen LogP contribution in [0.4, 0.5) is 10.1 Å². The lowest BCUT2D eigenvalue weighted by Crippen LogP contribution is -1.90. The maximum absolute atomic E-state index is 13.1. The van der Waals surface area contributed by atoms with Crippen LogP contribution < -0.4 is 5.73 Å². The van der Waals surface area contributed by atoms with Crippen LogP contribution >= 0.6 is 0 Å². The second-order valence-electron chi connectivity index (χ2n) is 3.06. The van der Waals surface area contributed by atoms with E-state index < -0.39 is 0 Å². The van der Waals surface area contributed by atoms with Gasteiger partial charge in [-0.1, -0.05) is 6.07 Å². The van der Waals surface area contributed by atoms with E-state index in [9.17, 15) is 4.39 Å². The fourth-order valence-electron chi connectivity index (χ4n) is 1.27. The SMILES string of the molecule is Nc1ccc(C2CC2)c(F)c1. The van der Waals surface area contributed by atoms with Crippen molar-refractivity contribution in [2.24, 2.45) is 0 Å². The van der Waals surface area contributed by atoms with Gasteiger partial charge in [-0.05, 0) is 36.5 Å². The molecule has 0 radical (unpaired) electrons. The van der Waals surface area contributed by atoms with Gasteiger partial charge < -0.3 is 5.73 Å². The largest absolute Gasteiger partial charge is 0.399 e. The van der Waals surface area contributed by atoms with Crippen LogP contribution in [0, 0.1) is 5.82 Å². The summed E-state index contributed by atoms with van der Waals surface area (Å²) in [6.45, 7) is 0. The molecule has 11 heavy (non-hydrogen) atoms. The van der Waals surface area contributed by atoms with Crippen molar-refractivity contribution in [1.82, 2.24) is 0 Å². The molecule has 0 aliphatic heterocycles. The van der Waals surface area contributed by atoms with Gasteiger partial charge in [-0.25, -0.2) is 4.39 Å². The van der Waals surface area contributed by atoms with Crippen molar-refractivity contribution in [2.75, 3.05) is 5.73 Å². The molecule has 2 N–H and O–H groups in total. The normalized spacial score (nSPS) is 16.8. The van der Waals surface area contributed by atoms with Crippen molar-refractivity contribution in [3.8, 4) is 0 Å². The second-order valence-corrected chi connectivity index (χ2v) is 3.06. The number of nitrogens with two attached hydrogens (primary N) is 1. The summed E-state index contributed by atoms with van der Waals surface area (Å²) >= 11 is 0. The molecule has 1 nitrogen and oxygen atoms in total. The number of benzene rings is 1. The minimum Gasteiger partial charge on any atom is -0.399 e. The third-order valence-electron chi connectivity index (χ3n) is 2.04. The summed E-state index contributed by atoms with van der Waals surface area (Å²) in [5.74, 6) is 0.322. The lowest BCUT2D eigenvalue weighted by Gasteiger charge is -2.00. The molecule has 0 heterocycles. The van der Waals surface area contributed by atoms with Crippen LogP contribution in [-0.4, -0.2) is 0 Å². The quantitative estimate of drug-likeness (QED) is 0.612. The summed E-state index contributed by atoms with van der Waals surface area (Å²) in [7, 11) is 0. The molecule has 1 saturated carbocycles. The highest BCUT2D eigenvalue weighted by Crippen LogP contribution is 2.41. The third kappa shape index (κ3) is 1.20. The summed E-state index contributed by atoms with van der Waals surface area (Å²) in [4.78, 5) is 0. The number of halogens is 1. The van der Waals surface area contributed by atoms with Gasteiger partial charge in [0.15, 0.2) is 0 Å². The maximum atomic E-state index is 13.1. The van der Waals surface area contributed by atoms with E-state index in [1.165, 1.54) is 6.07 Å². The Hall–Kier alpha value is -1.05. The zero-order valence-corrected chi connectivity index (χ0v) is 6.18. The first kappa shape index (κ1) is 6.65. The summed E-state index contributed by atoms with van der Waals surface area (Å²) in [6, 6.07) is 4.95. The van der Waals surface area contributed by atoms with Gasteiger partial charge in [-0.3, -0.25) is 0 Å². The average molecular weight is 151 g/mol. The Balaban J connectivity index is 2.39. The Bertz CT molecular complexity index is 279. The molecule has 0 saturated heterocycles. The molecule has 0 amide bonds. The molecule has 2 heteroatoms. The van der Waals surface area contributed by atoms with Crippen LogP contribution in [0.25, 0.3) is 0 Å². The molecule has 0 spiro atoms. The molecule has 1 aliphatic carbocycles. The fraction of sp³-hybridized carbons (Fsp3) is 0.333. The fourth-order valence-corrected chi connectivity index (χ4v) is 1.27. The lowest BCUT2D eigenvalue weighted by molar-refractivity contribution is 0.611. The molecule has 0 bridgehead atoms. The Morgan fingerprint density at radius 1 is 1.36 bits per heavy atom. The number of rotatable bonds is 1. The van der Waals surface area contributed by atoms with Crippen molar-refractivity contribution < 1.29 is 4.39 Å². The van der Waals surface area contributed by atoms with Crippen molar-refractivity contribution in [3.63, 3.8) is 0 Å². The zero-order chi connectivity index (χ0) is 7.84. The summed E-state index contributed by atoms with van der Waals surface area (Å²) in [5.41, 5.74) is 6.75. The molecule has 2 rings (SSSR count). The van der Waals surface area contributed by atoms with Crippen molar-refractivity contribution >= 4 is 5.69 Å². The molecule has 1 aliphatic rings. The molecular formula is C9H10FN. The van der Waals surface area contributed by atoms with Gasteiger partial charge in [0.05, 0.1) is 0 Å². The average Bonchev–Trinajstić information content (AvgIpc) is 2.70. The number of hydrogen-bond donors (Lipinski definition) is 1. The van der Waals surface area contributed by atoms with E-state index in [0.29, 0.717) is 11.6 Å². The highest BCUT2D eigenvalue weighted by atomic mass is 19.1. The van der Waals surface area contributed by atoms with Crippen LogP contribution in [0.1, 0.15) is 24.3 Å². The van der Waals surface area contributed by atoms with Crippen LogP contribution in [0.3, 0.4) is 0 Å². The minimum absolute atomic E-state index is 0.146. The van der Waals surface area contributed by atoms with E-state index >= 15 is 0 Å². The predicted molar refractivity (Wildman–Crippen MR) is 42.8 cm³/mol. The summed E-state index contributed by atoms with van der Waals surface area (Å²) < 4.78 is 13.1. The van der Waals surface area contributed by atoms with Gasteiger partial charge in [0.25, 0.3) is 0 Å². The van der Waals surface area contributed by atoms with Crippen LogP contribution in [0.2, 0.25) is 0 Å². The molecule has 0 atom stereocenters. The molecule has 1 aromatic rings. The first-order chi connectivity index (χ1) is 5.27. The van der Waals surface area contributed by atoms with Gasteiger partial charge in [-0.2, -0.15) is 0 Å². The predicted octanol–water partition coefficient (Wildman–Crippen LogP) is 2.29. The van der Waals surface area contributed by atoms with Gasteiger partial charge in [0.1, 0.15) is 5.82 Å². The molecule has 1 fully saturated rings. The molecule has 1 aromatic carbocycles. The topological polar surface area (TPSA) is 26.0 Å². The number of hydrogen-bond acceptors (Lipinski definition) is 1. The Kier molecular flexibility index (Phi) is 1.34. The van der Waals surface area contributed by atoms with E-state index in [0.717, 1.165) is 18.4 Å². The molecule has 0 unspecified atom stereocenters. The lowest BCUT2D eigenvalue weighted by atomic mass is 10.1. The van der Waals surface area contributed by atoms with Crippen molar-refractivity contribution in [2.45, 2.75) is 18.8 Å². The first-order valence-corrected chi connectivity index (χ1v) is 3.82. The molecule has 58 valence electrons. The van der Waals surface area contributed by atoms with E-state index in [4.69, 9.17) is 5.73 Å². The van der Waals surface area contributed by atoms with Crippen LogP contribution in [-0.2, 0) is 0 Å². The monoisotopic (exact) mass is 151 g/mol. The number of anilines is 1. The zero-order valence-electron chi connectivity index (χ0n) is 6.18. The first-order valence-electron chi connectivity index (χ1n) is 3.82. The standard InChI is InChI=1S/C9H10FN/c10-9-5-7(11)3-4-8(9)6-1-2-6/h3-6H,1-2,11H2. The summed E-state index contributed by atoms with van der Waals surface area (Å²) in [6.07, 6.45) is 2.25. The van der Waals surface area contributed by atoms with Gasteiger partial charge in [0, 0.05) is 5.69 Å². The maximum Gasteiger partial charge on any atom is 0.128 e. The van der Waals surface area contributed by atoms with Gasteiger partial charge >= 0.3 is 0 Å².